The van der Waals surface area contributed by atoms with Crippen molar-refractivity contribution in [2.45, 2.75) is 25.7 Å². The van der Waals surface area contributed by atoms with Gasteiger partial charge in [0.1, 0.15) is 12.0 Å². The molecule has 0 bridgehead atoms. The summed E-state index contributed by atoms with van der Waals surface area (Å²) >= 11 is 0. The molecule has 0 unspecified atom stereocenters. The molecule has 0 saturated heterocycles. The van der Waals surface area contributed by atoms with Gasteiger partial charge in [-0.05, 0) is 50.1 Å². The molecule has 0 aliphatic carbocycles. The number of nitrogens with one attached hydrogen (secondary N) is 3. The van der Waals surface area contributed by atoms with Gasteiger partial charge in [-0.15, -0.1) is 4.83 Å². The van der Waals surface area contributed by atoms with Crippen LogP contribution in [0.3, 0.4) is 0 Å². The van der Waals surface area contributed by atoms with Gasteiger partial charge in [-0.25, -0.2) is 18.4 Å². The first kappa shape index (κ1) is 19.6. The lowest BCUT2D eigenvalue weighted by Crippen LogP contribution is -2.30. The van der Waals surface area contributed by atoms with Crippen LogP contribution in [0.2, 0.25) is 0 Å². The summed E-state index contributed by atoms with van der Waals surface area (Å²) in [6, 6.07) is 12.3. The van der Waals surface area contributed by atoms with Gasteiger partial charge in [-0.1, -0.05) is 29.8 Å². The van der Waals surface area contributed by atoms with Crippen molar-refractivity contribution < 1.29 is 8.42 Å². The van der Waals surface area contributed by atoms with Crippen LogP contribution in [0, 0.1) is 20.8 Å². The van der Waals surface area contributed by atoms with Gasteiger partial charge in [0.2, 0.25) is 0 Å². The van der Waals surface area contributed by atoms with Crippen molar-refractivity contribution in [1.29, 1.82) is 0 Å². The van der Waals surface area contributed by atoms with Gasteiger partial charge in [0.05, 0.1) is 4.90 Å². The number of hydrogen-bond acceptors (Lipinski definition) is 7. The third-order valence-corrected chi connectivity index (χ3v) is 5.64. The maximum Gasteiger partial charge on any atom is 0.257 e. The van der Waals surface area contributed by atoms with Crippen molar-refractivity contribution in [2.75, 3.05) is 16.5 Å². The number of hydrazine groups is 1. The maximum atomic E-state index is 12.4. The Balaban J connectivity index is 1.79. The molecule has 0 atom stereocenters. The quantitative estimate of drug-likeness (QED) is 0.471. The van der Waals surface area contributed by atoms with Crippen LogP contribution in [0.15, 0.2) is 53.7 Å². The molecule has 146 valence electrons. The number of aryl methyl sites for hydroxylation is 2. The molecule has 28 heavy (non-hydrogen) atoms. The number of nitrogens with zero attached hydrogens (tertiary/aromatic N) is 2. The van der Waals surface area contributed by atoms with Crippen LogP contribution in [-0.4, -0.2) is 18.4 Å². The van der Waals surface area contributed by atoms with E-state index in [9.17, 15) is 8.42 Å². The normalized spacial score (nSPS) is 11.2. The van der Waals surface area contributed by atoms with E-state index < -0.39 is 10.0 Å². The summed E-state index contributed by atoms with van der Waals surface area (Å²) in [7, 11) is -3.77. The fourth-order valence-corrected chi connectivity index (χ4v) is 3.34. The third kappa shape index (κ3) is 4.21. The lowest BCUT2D eigenvalue weighted by molar-refractivity contribution is 0.587. The number of anilines is 4. The molecule has 2 aromatic carbocycles. The zero-order chi connectivity index (χ0) is 20.3. The van der Waals surface area contributed by atoms with Gasteiger partial charge in [-0.3, -0.25) is 5.43 Å². The van der Waals surface area contributed by atoms with Gasteiger partial charge in [0, 0.05) is 5.69 Å². The standard InChI is InChI=1S/C19H22N6O2S/c1-12-7-9-15(10-8-12)28(26,27)25-24-19-17(20)18(21-11-22-19)23-16-6-4-5-13(2)14(16)3/h4-11,25H,20H2,1-3H3,(H2,21,22,23,24). The minimum absolute atomic E-state index is 0.131. The van der Waals surface area contributed by atoms with E-state index in [2.05, 4.69) is 25.5 Å². The van der Waals surface area contributed by atoms with Crippen molar-refractivity contribution in [2.24, 2.45) is 0 Å². The predicted molar refractivity (Wildman–Crippen MR) is 111 cm³/mol. The van der Waals surface area contributed by atoms with Gasteiger partial charge < -0.3 is 11.1 Å². The lowest BCUT2D eigenvalue weighted by atomic mass is 10.1. The van der Waals surface area contributed by atoms with Crippen LogP contribution < -0.4 is 21.3 Å². The van der Waals surface area contributed by atoms with Crippen molar-refractivity contribution in [3.63, 3.8) is 0 Å². The predicted octanol–water partition coefficient (Wildman–Crippen LogP) is 3.03. The van der Waals surface area contributed by atoms with Crippen molar-refractivity contribution in [1.82, 2.24) is 14.8 Å². The third-order valence-electron chi connectivity index (χ3n) is 4.38. The number of benzene rings is 2. The fraction of sp³-hybridized carbons (Fsp3) is 0.158. The molecular weight excluding hydrogens is 376 g/mol. The van der Waals surface area contributed by atoms with Crippen LogP contribution in [0.4, 0.5) is 23.0 Å². The molecule has 0 aliphatic heterocycles. The van der Waals surface area contributed by atoms with Crippen molar-refractivity contribution in [3.05, 3.63) is 65.5 Å². The highest BCUT2D eigenvalue weighted by Gasteiger charge is 2.16. The smallest absolute Gasteiger partial charge is 0.257 e. The summed E-state index contributed by atoms with van der Waals surface area (Å²) in [6.07, 6.45) is 1.30. The monoisotopic (exact) mass is 398 g/mol. The Bertz CT molecular complexity index is 1100. The number of hydrogen-bond donors (Lipinski definition) is 4. The Kier molecular flexibility index (Phi) is 5.48. The number of rotatable bonds is 6. The summed E-state index contributed by atoms with van der Waals surface area (Å²) < 4.78 is 24.8. The Morgan fingerprint density at radius 2 is 1.61 bits per heavy atom. The molecule has 3 aromatic rings. The van der Waals surface area contributed by atoms with Gasteiger partial charge in [-0.2, -0.15) is 0 Å². The summed E-state index contributed by atoms with van der Waals surface area (Å²) in [5.74, 6) is 0.527. The van der Waals surface area contributed by atoms with Crippen LogP contribution in [0.5, 0.6) is 0 Å². The molecule has 0 fully saturated rings. The first-order valence-corrected chi connectivity index (χ1v) is 10.0. The zero-order valence-corrected chi connectivity index (χ0v) is 16.6. The average molecular weight is 398 g/mol. The second-order valence-electron chi connectivity index (χ2n) is 6.40. The maximum absolute atomic E-state index is 12.4. The molecule has 0 spiro atoms. The number of nitrogens with two attached hydrogens (primary N) is 1. The second-order valence-corrected chi connectivity index (χ2v) is 8.08. The number of sulfonamides is 1. The highest BCUT2D eigenvalue weighted by atomic mass is 32.2. The summed E-state index contributed by atoms with van der Waals surface area (Å²) in [6.45, 7) is 5.88. The van der Waals surface area contributed by atoms with Gasteiger partial charge >= 0.3 is 0 Å². The molecule has 0 amide bonds. The minimum atomic E-state index is -3.77. The molecule has 0 aliphatic rings. The molecule has 0 saturated carbocycles. The van der Waals surface area contributed by atoms with Crippen LogP contribution in [0.25, 0.3) is 0 Å². The highest BCUT2D eigenvalue weighted by Crippen LogP contribution is 2.28. The Morgan fingerprint density at radius 1 is 0.929 bits per heavy atom. The first-order valence-electron chi connectivity index (χ1n) is 8.56. The van der Waals surface area contributed by atoms with E-state index >= 15 is 0 Å². The van der Waals surface area contributed by atoms with E-state index in [1.807, 2.05) is 39.0 Å². The average Bonchev–Trinajstić information content (AvgIpc) is 2.66. The number of aromatic nitrogens is 2. The second kappa shape index (κ2) is 7.83. The SMILES string of the molecule is Cc1ccc(S(=O)(=O)NNc2ncnc(Nc3cccc(C)c3C)c2N)cc1. The van der Waals surface area contributed by atoms with Crippen LogP contribution in [-0.2, 0) is 10.0 Å². The molecule has 9 heteroatoms. The molecular formula is C19H22N6O2S. The summed E-state index contributed by atoms with van der Waals surface area (Å²) in [4.78, 5) is 10.6. The van der Waals surface area contributed by atoms with E-state index in [-0.39, 0.29) is 16.4 Å². The first-order chi connectivity index (χ1) is 13.3. The minimum Gasteiger partial charge on any atom is -0.393 e. The molecule has 1 heterocycles. The topological polar surface area (TPSA) is 122 Å². The molecule has 3 rings (SSSR count). The van der Waals surface area contributed by atoms with E-state index in [1.54, 1.807) is 12.1 Å². The molecule has 1 aromatic heterocycles. The fourth-order valence-electron chi connectivity index (χ4n) is 2.50. The van der Waals surface area contributed by atoms with Gasteiger partial charge in [0.15, 0.2) is 11.6 Å². The Morgan fingerprint density at radius 3 is 2.32 bits per heavy atom. The number of nitrogen functional groups attached to an aromatic ring is 1. The van der Waals surface area contributed by atoms with E-state index in [0.29, 0.717) is 5.82 Å². The van der Waals surface area contributed by atoms with Crippen molar-refractivity contribution >= 4 is 33.0 Å². The Labute approximate surface area is 164 Å². The van der Waals surface area contributed by atoms with E-state index in [4.69, 9.17) is 5.73 Å². The van der Waals surface area contributed by atoms with E-state index in [0.717, 1.165) is 22.4 Å². The molecule has 5 N–H and O–H groups in total. The van der Waals surface area contributed by atoms with Crippen LogP contribution in [0.1, 0.15) is 16.7 Å². The molecule has 8 nitrogen and oxygen atoms in total. The van der Waals surface area contributed by atoms with E-state index in [1.165, 1.54) is 18.5 Å². The highest BCUT2D eigenvalue weighted by molar-refractivity contribution is 7.89. The largest absolute Gasteiger partial charge is 0.393 e. The molecule has 0 radical (unpaired) electrons. The van der Waals surface area contributed by atoms with Crippen LogP contribution >= 0.6 is 0 Å². The zero-order valence-electron chi connectivity index (χ0n) is 15.8. The lowest BCUT2D eigenvalue weighted by Gasteiger charge is -2.15. The summed E-state index contributed by atoms with van der Waals surface area (Å²) in [5.41, 5.74) is 12.9. The van der Waals surface area contributed by atoms with Gasteiger partial charge in [0.25, 0.3) is 10.0 Å². The summed E-state index contributed by atoms with van der Waals surface area (Å²) in [5, 5.41) is 3.16. The Hall–Kier alpha value is -3.17. The van der Waals surface area contributed by atoms with Crippen molar-refractivity contribution in [3.8, 4) is 0 Å².